The maximum atomic E-state index is 12.4. The van der Waals surface area contributed by atoms with Gasteiger partial charge in [0.05, 0.1) is 11.9 Å². The third-order valence-corrected chi connectivity index (χ3v) is 5.49. The fourth-order valence-electron chi connectivity index (χ4n) is 2.08. The van der Waals surface area contributed by atoms with Crippen molar-refractivity contribution >= 4 is 10.8 Å². The Morgan fingerprint density at radius 1 is 1.28 bits per heavy atom. The summed E-state index contributed by atoms with van der Waals surface area (Å²) in [5, 5.41) is 9.35. The Morgan fingerprint density at radius 3 is 2.28 bits per heavy atom. The average molecular weight is 274 g/mol. The predicted octanol–water partition coefficient (Wildman–Crippen LogP) is 3.67. The molecule has 1 N–H and O–H groups in total. The number of aliphatic hydroxyl groups excluding tert-OH is 1. The quantitative estimate of drug-likeness (QED) is 0.514. The summed E-state index contributed by atoms with van der Waals surface area (Å²) in [4.78, 5) is 0. The summed E-state index contributed by atoms with van der Waals surface area (Å²) >= 11 is 0. The topological polar surface area (TPSA) is 37.3 Å². The van der Waals surface area contributed by atoms with Gasteiger partial charge in [-0.25, -0.2) is 0 Å². The van der Waals surface area contributed by atoms with E-state index in [-0.39, 0.29) is 22.5 Å². The van der Waals surface area contributed by atoms with Crippen LogP contribution in [0.1, 0.15) is 59.8 Å². The van der Waals surface area contributed by atoms with Crippen LogP contribution in [0.25, 0.3) is 0 Å². The van der Waals surface area contributed by atoms with Crippen molar-refractivity contribution in [1.82, 2.24) is 0 Å². The van der Waals surface area contributed by atoms with Crippen LogP contribution in [0.5, 0.6) is 0 Å². The first-order valence-corrected chi connectivity index (χ1v) is 8.23. The molecular weight excluding hydrogens is 244 g/mol. The number of hydrogen-bond donors (Lipinski definition) is 1. The maximum Gasteiger partial charge on any atom is 0.0646 e. The lowest BCUT2D eigenvalue weighted by atomic mass is 9.97. The van der Waals surface area contributed by atoms with E-state index in [1.165, 1.54) is 19.3 Å². The monoisotopic (exact) mass is 274 g/mol. The van der Waals surface area contributed by atoms with Crippen molar-refractivity contribution < 1.29 is 9.32 Å². The second-order valence-corrected chi connectivity index (χ2v) is 8.30. The highest BCUT2D eigenvalue weighted by Crippen LogP contribution is 2.25. The van der Waals surface area contributed by atoms with Crippen LogP contribution in [-0.2, 0) is 10.8 Å². The number of allylic oxidation sites excluding steroid dienone is 1. The molecule has 0 aromatic heterocycles. The molecule has 0 radical (unpaired) electrons. The van der Waals surface area contributed by atoms with Crippen molar-refractivity contribution in [2.24, 2.45) is 5.92 Å². The third kappa shape index (κ3) is 6.14. The van der Waals surface area contributed by atoms with E-state index < -0.39 is 10.8 Å². The van der Waals surface area contributed by atoms with Gasteiger partial charge in [-0.1, -0.05) is 38.7 Å². The zero-order chi connectivity index (χ0) is 14.2. The van der Waals surface area contributed by atoms with Gasteiger partial charge in [0.15, 0.2) is 0 Å². The molecule has 0 saturated carbocycles. The predicted molar refractivity (Wildman–Crippen MR) is 81.2 cm³/mol. The Labute approximate surface area is 115 Å². The van der Waals surface area contributed by atoms with Crippen molar-refractivity contribution in [2.75, 3.05) is 6.61 Å². The van der Waals surface area contributed by atoms with E-state index in [1.807, 2.05) is 26.8 Å². The lowest BCUT2D eigenvalue weighted by Gasteiger charge is -2.29. The lowest BCUT2D eigenvalue weighted by Crippen LogP contribution is -2.38. The summed E-state index contributed by atoms with van der Waals surface area (Å²) in [6, 6.07) is 0. The molecule has 0 spiro atoms. The molecule has 0 aliphatic heterocycles. The van der Waals surface area contributed by atoms with E-state index in [1.54, 1.807) is 0 Å². The zero-order valence-electron chi connectivity index (χ0n) is 12.4. The van der Waals surface area contributed by atoms with Crippen LogP contribution in [0.4, 0.5) is 0 Å². The van der Waals surface area contributed by atoms with E-state index in [0.717, 1.165) is 12.8 Å². The number of hydrogen-bond acceptors (Lipinski definition) is 2. The Morgan fingerprint density at radius 2 is 1.89 bits per heavy atom. The van der Waals surface area contributed by atoms with Gasteiger partial charge in [-0.15, -0.1) is 6.58 Å². The van der Waals surface area contributed by atoms with Crippen LogP contribution < -0.4 is 0 Å². The third-order valence-electron chi connectivity index (χ3n) is 3.23. The molecule has 3 heteroatoms. The molecule has 0 aromatic carbocycles. The molecule has 108 valence electrons. The first-order chi connectivity index (χ1) is 8.38. The molecule has 3 atom stereocenters. The van der Waals surface area contributed by atoms with Crippen molar-refractivity contribution in [3.8, 4) is 0 Å². The van der Waals surface area contributed by atoms with Crippen LogP contribution in [0, 0.1) is 5.92 Å². The fraction of sp³-hybridized carbons (Fsp3) is 0.867. The van der Waals surface area contributed by atoms with Crippen molar-refractivity contribution in [2.45, 2.75) is 69.8 Å². The van der Waals surface area contributed by atoms with Gasteiger partial charge in [0.25, 0.3) is 0 Å². The molecule has 0 amide bonds. The molecule has 18 heavy (non-hydrogen) atoms. The number of aliphatic hydroxyl groups is 1. The highest BCUT2D eigenvalue weighted by molar-refractivity contribution is 7.87. The van der Waals surface area contributed by atoms with Gasteiger partial charge in [-0.2, -0.15) is 0 Å². The van der Waals surface area contributed by atoms with E-state index in [2.05, 4.69) is 13.5 Å². The minimum Gasteiger partial charge on any atom is -0.395 e. The Hall–Kier alpha value is -0.150. The number of unbranched alkanes of at least 4 members (excludes halogenated alkanes) is 3. The van der Waals surface area contributed by atoms with Crippen molar-refractivity contribution in [3.63, 3.8) is 0 Å². The Bertz CT molecular complexity index is 256. The molecule has 0 bridgehead atoms. The number of rotatable bonds is 9. The van der Waals surface area contributed by atoms with Gasteiger partial charge >= 0.3 is 0 Å². The van der Waals surface area contributed by atoms with Gasteiger partial charge in [0, 0.05) is 15.5 Å². The molecular formula is C15H30O2S. The van der Waals surface area contributed by atoms with Gasteiger partial charge in [0.1, 0.15) is 0 Å². The van der Waals surface area contributed by atoms with Gasteiger partial charge in [0.2, 0.25) is 0 Å². The first kappa shape index (κ1) is 17.8. The molecule has 0 aliphatic carbocycles. The SMILES string of the molecule is C=C[C@@H](CCCCCC)[C@H](CO)S(=O)C(C)(C)C. The molecule has 0 fully saturated rings. The first-order valence-electron chi connectivity index (χ1n) is 7.02. The smallest absolute Gasteiger partial charge is 0.0646 e. The summed E-state index contributed by atoms with van der Waals surface area (Å²) < 4.78 is 12.1. The lowest BCUT2D eigenvalue weighted by molar-refractivity contribution is 0.268. The minimum atomic E-state index is -1.03. The average Bonchev–Trinajstić information content (AvgIpc) is 2.31. The molecule has 0 rings (SSSR count). The highest BCUT2D eigenvalue weighted by atomic mass is 32.2. The van der Waals surface area contributed by atoms with Crippen molar-refractivity contribution in [3.05, 3.63) is 12.7 Å². The highest BCUT2D eigenvalue weighted by Gasteiger charge is 2.31. The van der Waals surface area contributed by atoms with Crippen LogP contribution >= 0.6 is 0 Å². The van der Waals surface area contributed by atoms with Crippen LogP contribution in [0.3, 0.4) is 0 Å². The molecule has 2 nitrogen and oxygen atoms in total. The standard InChI is InChI=1S/C15H30O2S/c1-6-8-9-10-11-13(7-2)14(12-16)18(17)15(3,4)5/h7,13-14,16H,2,6,8-12H2,1,3-5H3/t13-,14-,18?/m0/s1. The molecule has 0 aromatic rings. The van der Waals surface area contributed by atoms with Gasteiger partial charge in [-0.05, 0) is 33.1 Å². The Balaban J connectivity index is 4.48. The van der Waals surface area contributed by atoms with E-state index in [9.17, 15) is 9.32 Å². The summed E-state index contributed by atoms with van der Waals surface area (Å²) in [5.74, 6) is 0.159. The van der Waals surface area contributed by atoms with E-state index in [4.69, 9.17) is 0 Å². The minimum absolute atomic E-state index is 0.0195. The Kier molecular flexibility index (Phi) is 8.79. The second-order valence-electron chi connectivity index (χ2n) is 5.88. The largest absolute Gasteiger partial charge is 0.395 e. The summed E-state index contributed by atoms with van der Waals surface area (Å²) in [5.41, 5.74) is 0. The summed E-state index contributed by atoms with van der Waals surface area (Å²) in [7, 11) is -1.03. The molecule has 0 aliphatic rings. The maximum absolute atomic E-state index is 12.4. The second kappa shape index (κ2) is 8.87. The van der Waals surface area contributed by atoms with E-state index in [0.29, 0.717) is 0 Å². The molecule has 0 heterocycles. The molecule has 1 unspecified atom stereocenters. The summed E-state index contributed by atoms with van der Waals surface area (Å²) in [6.45, 7) is 11.9. The summed E-state index contributed by atoms with van der Waals surface area (Å²) in [6.07, 6.45) is 7.66. The van der Waals surface area contributed by atoms with Crippen LogP contribution in [-0.4, -0.2) is 25.9 Å². The van der Waals surface area contributed by atoms with Gasteiger partial charge in [-0.3, -0.25) is 4.21 Å². The van der Waals surface area contributed by atoms with E-state index >= 15 is 0 Å². The van der Waals surface area contributed by atoms with Crippen molar-refractivity contribution in [1.29, 1.82) is 0 Å². The normalized spacial score (nSPS) is 17.2. The van der Waals surface area contributed by atoms with Gasteiger partial charge < -0.3 is 5.11 Å². The molecule has 0 saturated heterocycles. The van der Waals surface area contributed by atoms with Crippen LogP contribution in [0.15, 0.2) is 12.7 Å². The van der Waals surface area contributed by atoms with Crippen LogP contribution in [0.2, 0.25) is 0 Å². The zero-order valence-corrected chi connectivity index (χ0v) is 13.3. The fourth-order valence-corrected chi connectivity index (χ4v) is 3.69.